The van der Waals surface area contributed by atoms with Gasteiger partial charge in [-0.1, -0.05) is 72.6 Å². The van der Waals surface area contributed by atoms with Crippen molar-refractivity contribution < 1.29 is 15.1 Å². The van der Waals surface area contributed by atoms with Crippen LogP contribution in [0.25, 0.3) is 0 Å². The summed E-state index contributed by atoms with van der Waals surface area (Å²) >= 11 is 3.66. The first kappa shape index (κ1) is 23.1. The molecule has 0 aromatic rings. The van der Waals surface area contributed by atoms with Crippen molar-refractivity contribution in [3.05, 3.63) is 6.54 Å². The monoisotopic (exact) mass is 430 g/mol. The third kappa shape index (κ3) is 4.84. The van der Waals surface area contributed by atoms with Gasteiger partial charge >= 0.3 is 25.2 Å². The second kappa shape index (κ2) is 9.51. The Morgan fingerprint density at radius 1 is 0.885 bits per heavy atom. The predicted octanol–water partition coefficient (Wildman–Crippen LogP) is 7.37. The van der Waals surface area contributed by atoms with Crippen LogP contribution in [0.2, 0.25) is 0 Å². The molecule has 0 bridgehead atoms. The van der Waals surface area contributed by atoms with E-state index in [9.17, 15) is 0 Å². The second-order valence-electron chi connectivity index (χ2n) is 10.7. The van der Waals surface area contributed by atoms with Gasteiger partial charge in [-0.05, 0) is 61.9 Å². The van der Waals surface area contributed by atoms with Crippen molar-refractivity contribution >= 4 is 10.1 Å². The fourth-order valence-corrected chi connectivity index (χ4v) is 6.64. The summed E-state index contributed by atoms with van der Waals surface area (Å²) < 4.78 is 0. The zero-order valence-electron chi connectivity index (χ0n) is 18.0. The van der Waals surface area contributed by atoms with Gasteiger partial charge in [-0.25, -0.2) is 0 Å². The maximum absolute atomic E-state index is 4.20. The van der Waals surface area contributed by atoms with Crippen molar-refractivity contribution in [1.82, 2.24) is 4.90 Å². The minimum atomic E-state index is 0.347. The molecule has 0 aromatic heterocycles. The summed E-state index contributed by atoms with van der Waals surface area (Å²) in [6.45, 7) is 17.7. The Bertz CT molecular complexity index is 412. The molecule has 0 N–H and O–H groups in total. The van der Waals surface area contributed by atoms with E-state index in [0.717, 1.165) is 29.7 Å². The Labute approximate surface area is 176 Å². The zero-order chi connectivity index (χ0) is 19.5. The van der Waals surface area contributed by atoms with Gasteiger partial charge in [0.05, 0.1) is 0 Å². The van der Waals surface area contributed by atoms with Crippen molar-refractivity contribution in [2.24, 2.45) is 29.1 Å². The van der Waals surface area contributed by atoms with Crippen molar-refractivity contribution in [1.29, 1.82) is 0 Å². The molecule has 2 saturated carbocycles. The molecular weight excluding hydrogens is 389 g/mol. The van der Waals surface area contributed by atoms with Gasteiger partial charge in [0.2, 0.25) is 0 Å². The number of hydrogen-bond acceptors (Lipinski definition) is 1. The average molecular weight is 432 g/mol. The molecular formula is C23H42ClCuN. The van der Waals surface area contributed by atoms with Crippen molar-refractivity contribution in [3.8, 4) is 0 Å². The first-order valence-corrected chi connectivity index (χ1v) is 12.3. The molecule has 0 aromatic carbocycles. The first-order chi connectivity index (χ1) is 12.3. The molecule has 2 unspecified atom stereocenters. The molecule has 26 heavy (non-hydrogen) atoms. The van der Waals surface area contributed by atoms with Gasteiger partial charge in [0.1, 0.15) is 0 Å². The third-order valence-electron chi connectivity index (χ3n) is 7.73. The summed E-state index contributed by atoms with van der Waals surface area (Å²) in [7, 11) is 4.20. The van der Waals surface area contributed by atoms with E-state index in [-0.39, 0.29) is 0 Å². The SMILES string of the molecule is CC(C)C1CCC[C@@H](C(C)C)C1N1[CH-]C2(CCCCC2)CC1(C)C.[Cl][Cu+]. The van der Waals surface area contributed by atoms with Crippen molar-refractivity contribution in [2.75, 3.05) is 0 Å². The van der Waals surface area contributed by atoms with Crippen LogP contribution >= 0.6 is 10.1 Å². The van der Waals surface area contributed by atoms with E-state index in [0.29, 0.717) is 11.0 Å². The van der Waals surface area contributed by atoms with E-state index in [1.807, 2.05) is 0 Å². The zero-order valence-corrected chi connectivity index (χ0v) is 19.7. The molecule has 1 nitrogen and oxygen atoms in total. The molecule has 1 spiro atoms. The maximum atomic E-state index is 4.20. The van der Waals surface area contributed by atoms with E-state index in [2.05, 4.69) is 78.2 Å². The molecule has 0 amide bonds. The van der Waals surface area contributed by atoms with Gasteiger partial charge in [0.25, 0.3) is 0 Å². The standard InChI is InChI=1S/C23H42N.ClH.Cu/c1-17(2)19-11-10-12-20(18(3)4)21(19)24-16-23(15-22(24,5)6)13-8-7-9-14-23;;/h16-21H,7-15H2,1-6H3;1H;/q-1;;+2/p-1/t19-,20?,21?;;/m0../s1. The molecule has 2 aliphatic carbocycles. The van der Waals surface area contributed by atoms with E-state index >= 15 is 0 Å². The average Bonchev–Trinajstić information content (AvgIpc) is 2.86. The minimum absolute atomic E-state index is 0.347. The van der Waals surface area contributed by atoms with Gasteiger partial charge in [0, 0.05) is 0 Å². The van der Waals surface area contributed by atoms with Crippen LogP contribution in [0.5, 0.6) is 0 Å². The first-order valence-electron chi connectivity index (χ1n) is 11.0. The second-order valence-corrected chi connectivity index (χ2v) is 10.7. The van der Waals surface area contributed by atoms with Gasteiger partial charge in [-0.2, -0.15) is 0 Å². The molecule has 3 atom stereocenters. The summed E-state index contributed by atoms with van der Waals surface area (Å²) in [5, 5.41) is 0. The van der Waals surface area contributed by atoms with Crippen LogP contribution < -0.4 is 0 Å². The topological polar surface area (TPSA) is 3.24 Å². The summed E-state index contributed by atoms with van der Waals surface area (Å²) in [6, 6.07) is 0.773. The van der Waals surface area contributed by atoms with E-state index in [4.69, 9.17) is 0 Å². The molecule has 1 aliphatic heterocycles. The molecule has 1 saturated heterocycles. The number of nitrogens with zero attached hydrogens (tertiary/aromatic N) is 1. The molecule has 157 valence electrons. The number of hydrogen-bond donors (Lipinski definition) is 0. The fraction of sp³-hybridized carbons (Fsp3) is 0.957. The third-order valence-corrected chi connectivity index (χ3v) is 7.73. The summed E-state index contributed by atoms with van der Waals surface area (Å²) in [5.41, 5.74) is 0.877. The van der Waals surface area contributed by atoms with E-state index < -0.39 is 0 Å². The fourth-order valence-electron chi connectivity index (χ4n) is 6.64. The van der Waals surface area contributed by atoms with Crippen LogP contribution in [-0.4, -0.2) is 16.5 Å². The molecule has 0 radical (unpaired) electrons. The van der Waals surface area contributed by atoms with Crippen LogP contribution in [0.4, 0.5) is 0 Å². The van der Waals surface area contributed by atoms with Gasteiger partial charge in [-0.15, -0.1) is 5.41 Å². The van der Waals surface area contributed by atoms with Crippen LogP contribution in [-0.2, 0) is 15.1 Å². The number of rotatable bonds is 3. The van der Waals surface area contributed by atoms with Crippen LogP contribution in [0, 0.1) is 35.6 Å². The quantitative estimate of drug-likeness (QED) is 0.333. The molecule has 3 heteroatoms. The summed E-state index contributed by atoms with van der Waals surface area (Å²) in [6.07, 6.45) is 13.0. The number of likely N-dealkylation sites (tertiary alicyclic amines) is 1. The van der Waals surface area contributed by atoms with Gasteiger partial charge in [-0.3, -0.25) is 6.54 Å². The Kier molecular flexibility index (Phi) is 8.43. The Hall–Kier alpha value is 0.769. The molecule has 3 fully saturated rings. The van der Waals surface area contributed by atoms with Crippen molar-refractivity contribution in [3.63, 3.8) is 0 Å². The number of halogens is 1. The van der Waals surface area contributed by atoms with Gasteiger partial charge < -0.3 is 4.90 Å². The van der Waals surface area contributed by atoms with Gasteiger partial charge in [0.15, 0.2) is 0 Å². The Morgan fingerprint density at radius 2 is 1.38 bits per heavy atom. The summed E-state index contributed by atoms with van der Waals surface area (Å²) in [5.74, 6) is 3.37. The van der Waals surface area contributed by atoms with Crippen LogP contribution in [0.15, 0.2) is 0 Å². The Balaban J connectivity index is 0.00000117. The van der Waals surface area contributed by atoms with Crippen molar-refractivity contribution in [2.45, 2.75) is 111 Å². The van der Waals surface area contributed by atoms with Crippen LogP contribution in [0.1, 0.15) is 99.3 Å². The Morgan fingerprint density at radius 3 is 1.85 bits per heavy atom. The predicted molar refractivity (Wildman–Crippen MR) is 111 cm³/mol. The molecule has 3 aliphatic rings. The van der Waals surface area contributed by atoms with E-state index in [1.165, 1.54) is 57.8 Å². The molecule has 3 rings (SSSR count). The van der Waals surface area contributed by atoms with E-state index in [1.54, 1.807) is 0 Å². The normalized spacial score (nSPS) is 34.2. The summed E-state index contributed by atoms with van der Waals surface area (Å²) in [4.78, 5) is 2.92. The molecule has 1 heterocycles. The van der Waals surface area contributed by atoms with Crippen LogP contribution in [0.3, 0.4) is 0 Å².